The number of hydrogen-bond donors (Lipinski definition) is 0. The summed E-state index contributed by atoms with van der Waals surface area (Å²) in [5.74, 6) is 1.25. The second-order valence-electron chi connectivity index (χ2n) is 3.86. The fourth-order valence-electron chi connectivity index (χ4n) is 1.77. The molecule has 0 bridgehead atoms. The molecule has 0 spiro atoms. The number of rotatable bonds is 2. The zero-order chi connectivity index (χ0) is 12.3. The topological polar surface area (TPSA) is 21.7 Å². The molecular formula is C12H14ClNO2S. The van der Waals surface area contributed by atoms with E-state index in [9.17, 15) is 0 Å². The van der Waals surface area contributed by atoms with Crippen molar-refractivity contribution in [1.82, 2.24) is 4.90 Å². The van der Waals surface area contributed by atoms with Gasteiger partial charge in [-0.25, -0.2) is 0 Å². The Kier molecular flexibility index (Phi) is 4.07. The molecule has 1 saturated heterocycles. The number of hydrogen-bond acceptors (Lipinski definition) is 3. The van der Waals surface area contributed by atoms with Gasteiger partial charge >= 0.3 is 0 Å². The van der Waals surface area contributed by atoms with Crippen molar-refractivity contribution in [3.05, 3.63) is 23.2 Å². The number of ether oxygens (including phenoxy) is 2. The van der Waals surface area contributed by atoms with Crippen LogP contribution in [0.1, 0.15) is 12.8 Å². The molecule has 5 heteroatoms. The molecule has 1 aliphatic rings. The lowest BCUT2D eigenvalue weighted by Gasteiger charge is -2.18. The molecule has 3 nitrogen and oxygen atoms in total. The van der Waals surface area contributed by atoms with Gasteiger partial charge in [-0.15, -0.1) is 0 Å². The summed E-state index contributed by atoms with van der Waals surface area (Å²) in [4.78, 5) is 2.07. The van der Waals surface area contributed by atoms with Crippen LogP contribution in [0.3, 0.4) is 0 Å². The van der Waals surface area contributed by atoms with Gasteiger partial charge < -0.3 is 14.4 Å². The normalized spacial score (nSPS) is 14.8. The number of thiocarbonyl (C=S) groups is 1. The van der Waals surface area contributed by atoms with Gasteiger partial charge in [-0.1, -0.05) is 11.6 Å². The fraction of sp³-hybridized carbons (Fsp3) is 0.417. The average Bonchev–Trinajstić information content (AvgIpc) is 2.85. The van der Waals surface area contributed by atoms with Crippen LogP contribution >= 0.6 is 23.8 Å². The summed E-state index contributed by atoms with van der Waals surface area (Å²) < 4.78 is 10.7. The van der Waals surface area contributed by atoms with Crippen LogP contribution in [-0.4, -0.2) is 30.3 Å². The molecule has 0 radical (unpaired) electrons. The third kappa shape index (κ3) is 3.01. The van der Waals surface area contributed by atoms with Gasteiger partial charge in [0.2, 0.25) is 0 Å². The molecule has 1 heterocycles. The molecule has 17 heavy (non-hydrogen) atoms. The van der Waals surface area contributed by atoms with Crippen molar-refractivity contribution in [2.24, 2.45) is 0 Å². The van der Waals surface area contributed by atoms with Gasteiger partial charge in [0.1, 0.15) is 11.5 Å². The Bertz CT molecular complexity index is 419. The van der Waals surface area contributed by atoms with Gasteiger partial charge in [-0.05, 0) is 37.2 Å². The molecule has 1 aliphatic heterocycles. The van der Waals surface area contributed by atoms with E-state index in [-0.39, 0.29) is 0 Å². The van der Waals surface area contributed by atoms with E-state index in [0.29, 0.717) is 21.7 Å². The highest BCUT2D eigenvalue weighted by molar-refractivity contribution is 7.80. The summed E-state index contributed by atoms with van der Waals surface area (Å²) in [6.45, 7) is 1.95. The Hall–Kier alpha value is -1.00. The molecule has 1 aromatic carbocycles. The van der Waals surface area contributed by atoms with Crippen molar-refractivity contribution < 1.29 is 9.47 Å². The van der Waals surface area contributed by atoms with E-state index < -0.39 is 0 Å². The number of methoxy groups -OCH3 is 1. The lowest BCUT2D eigenvalue weighted by molar-refractivity contribution is 0.396. The van der Waals surface area contributed by atoms with Crippen LogP contribution in [0.25, 0.3) is 0 Å². The van der Waals surface area contributed by atoms with E-state index in [1.807, 2.05) is 0 Å². The second kappa shape index (κ2) is 5.56. The molecule has 1 aromatic rings. The Balaban J connectivity index is 2.05. The van der Waals surface area contributed by atoms with E-state index >= 15 is 0 Å². The molecule has 92 valence electrons. The zero-order valence-electron chi connectivity index (χ0n) is 9.61. The van der Waals surface area contributed by atoms with Crippen molar-refractivity contribution in [3.63, 3.8) is 0 Å². The quantitative estimate of drug-likeness (QED) is 0.771. The van der Waals surface area contributed by atoms with E-state index in [2.05, 4.69) is 4.90 Å². The Morgan fingerprint density at radius 3 is 2.71 bits per heavy atom. The molecule has 1 fully saturated rings. The number of halogens is 1. The van der Waals surface area contributed by atoms with Crippen LogP contribution in [0.15, 0.2) is 18.2 Å². The molecule has 0 saturated carbocycles. The highest BCUT2D eigenvalue weighted by atomic mass is 35.5. The fourth-order valence-corrected chi connectivity index (χ4v) is 2.24. The number of likely N-dealkylation sites (tertiary alicyclic amines) is 1. The monoisotopic (exact) mass is 271 g/mol. The molecule has 0 aromatic heterocycles. The van der Waals surface area contributed by atoms with Crippen LogP contribution in [0.4, 0.5) is 0 Å². The minimum Gasteiger partial charge on any atom is -0.495 e. The zero-order valence-corrected chi connectivity index (χ0v) is 11.2. The van der Waals surface area contributed by atoms with E-state index in [0.717, 1.165) is 13.1 Å². The molecule has 0 amide bonds. The van der Waals surface area contributed by atoms with Crippen LogP contribution in [0.2, 0.25) is 5.02 Å². The Labute approximate surface area is 111 Å². The summed E-state index contributed by atoms with van der Waals surface area (Å²) in [7, 11) is 1.57. The minimum atomic E-state index is 0.520. The summed E-state index contributed by atoms with van der Waals surface area (Å²) in [6.07, 6.45) is 2.35. The molecular weight excluding hydrogens is 258 g/mol. The standard InChI is InChI=1S/C12H14ClNO2S/c1-15-11-8-9(4-5-10(11)13)16-12(17)14-6-2-3-7-14/h4-5,8H,2-3,6-7H2,1H3. The smallest absolute Gasteiger partial charge is 0.264 e. The van der Waals surface area contributed by atoms with Crippen LogP contribution in [0.5, 0.6) is 11.5 Å². The molecule has 0 atom stereocenters. The minimum absolute atomic E-state index is 0.520. The third-order valence-electron chi connectivity index (χ3n) is 2.69. The molecule has 0 unspecified atom stereocenters. The van der Waals surface area contributed by atoms with Crippen molar-refractivity contribution in [1.29, 1.82) is 0 Å². The number of benzene rings is 1. The van der Waals surface area contributed by atoms with Gasteiger partial charge in [-0.3, -0.25) is 0 Å². The highest BCUT2D eigenvalue weighted by Crippen LogP contribution is 2.29. The lowest BCUT2D eigenvalue weighted by Crippen LogP contribution is -2.30. The summed E-state index contributed by atoms with van der Waals surface area (Å²) in [5, 5.41) is 1.08. The predicted octanol–water partition coefficient (Wildman–Crippen LogP) is 3.11. The summed E-state index contributed by atoms with van der Waals surface area (Å²) in [5.41, 5.74) is 0. The summed E-state index contributed by atoms with van der Waals surface area (Å²) >= 11 is 11.2. The maximum absolute atomic E-state index is 5.94. The maximum atomic E-state index is 5.94. The predicted molar refractivity (Wildman–Crippen MR) is 72.0 cm³/mol. The highest BCUT2D eigenvalue weighted by Gasteiger charge is 2.16. The Morgan fingerprint density at radius 1 is 1.35 bits per heavy atom. The van der Waals surface area contributed by atoms with Gasteiger partial charge in [-0.2, -0.15) is 0 Å². The third-order valence-corrected chi connectivity index (χ3v) is 3.35. The van der Waals surface area contributed by atoms with E-state index in [1.54, 1.807) is 25.3 Å². The first-order chi connectivity index (χ1) is 8.20. The van der Waals surface area contributed by atoms with Crippen molar-refractivity contribution in [3.8, 4) is 11.5 Å². The van der Waals surface area contributed by atoms with Crippen LogP contribution < -0.4 is 9.47 Å². The summed E-state index contributed by atoms with van der Waals surface area (Å²) in [6, 6.07) is 5.26. The Morgan fingerprint density at radius 2 is 2.06 bits per heavy atom. The first kappa shape index (κ1) is 12.5. The van der Waals surface area contributed by atoms with Crippen molar-refractivity contribution in [2.75, 3.05) is 20.2 Å². The van der Waals surface area contributed by atoms with Gasteiger partial charge in [0, 0.05) is 19.2 Å². The second-order valence-corrected chi connectivity index (χ2v) is 4.61. The van der Waals surface area contributed by atoms with E-state index in [4.69, 9.17) is 33.3 Å². The maximum Gasteiger partial charge on any atom is 0.264 e. The first-order valence-corrected chi connectivity index (χ1v) is 6.29. The molecule has 0 N–H and O–H groups in total. The van der Waals surface area contributed by atoms with Gasteiger partial charge in [0.05, 0.1) is 12.1 Å². The van der Waals surface area contributed by atoms with Crippen molar-refractivity contribution in [2.45, 2.75) is 12.8 Å². The average molecular weight is 272 g/mol. The van der Waals surface area contributed by atoms with Crippen LogP contribution in [0, 0.1) is 0 Å². The van der Waals surface area contributed by atoms with Gasteiger partial charge in [0.15, 0.2) is 0 Å². The SMILES string of the molecule is COc1cc(OC(=S)N2CCCC2)ccc1Cl. The largest absolute Gasteiger partial charge is 0.495 e. The van der Waals surface area contributed by atoms with E-state index in [1.165, 1.54) is 12.8 Å². The first-order valence-electron chi connectivity index (χ1n) is 5.51. The lowest BCUT2D eigenvalue weighted by atomic mass is 10.3. The van der Waals surface area contributed by atoms with Crippen molar-refractivity contribution >= 4 is 29.0 Å². The molecule has 2 rings (SSSR count). The van der Waals surface area contributed by atoms with Crippen LogP contribution in [-0.2, 0) is 0 Å². The number of nitrogens with zero attached hydrogens (tertiary/aromatic N) is 1. The van der Waals surface area contributed by atoms with Gasteiger partial charge in [0.25, 0.3) is 5.17 Å². The molecule has 0 aliphatic carbocycles.